The molecular formula is C61H35N7. The zero-order chi connectivity index (χ0) is 44.7. The van der Waals surface area contributed by atoms with Crippen LogP contribution in [0.25, 0.3) is 143 Å². The lowest BCUT2D eigenvalue weighted by Gasteiger charge is -2.17. The van der Waals surface area contributed by atoms with E-state index in [0.29, 0.717) is 17.5 Å². The highest BCUT2D eigenvalue weighted by molar-refractivity contribution is 6.15. The lowest BCUT2D eigenvalue weighted by atomic mass is 9.88. The average Bonchev–Trinajstić information content (AvgIpc) is 3.39. The van der Waals surface area contributed by atoms with Gasteiger partial charge >= 0.3 is 0 Å². The summed E-state index contributed by atoms with van der Waals surface area (Å²) in [4.78, 5) is 35.8. The Bertz CT molecular complexity index is 4030. The van der Waals surface area contributed by atoms with Crippen molar-refractivity contribution in [3.8, 4) is 56.4 Å². The topological polar surface area (TPSA) is 90.2 Å². The molecule has 14 aromatic rings. The predicted molar refractivity (Wildman–Crippen MR) is 278 cm³/mol. The Hall–Kier alpha value is -9.33. The normalized spacial score (nSPS) is 11.8. The lowest BCUT2D eigenvalue weighted by Crippen LogP contribution is -2.01. The second-order valence-corrected chi connectivity index (χ2v) is 17.4. The molecule has 5 aromatic heterocycles. The van der Waals surface area contributed by atoms with Crippen LogP contribution in [0.1, 0.15) is 0 Å². The third-order valence-electron chi connectivity index (χ3n) is 13.2. The minimum Gasteiger partial charge on any atom is -0.256 e. The lowest BCUT2D eigenvalue weighted by molar-refractivity contribution is 1.08. The molecule has 0 amide bonds. The molecule has 0 N–H and O–H groups in total. The Balaban J connectivity index is 1.07. The van der Waals surface area contributed by atoms with Crippen molar-refractivity contribution in [2.45, 2.75) is 0 Å². The smallest absolute Gasteiger partial charge is 0.164 e. The van der Waals surface area contributed by atoms with E-state index in [1.165, 1.54) is 0 Å². The van der Waals surface area contributed by atoms with Gasteiger partial charge in [-0.2, -0.15) is 0 Å². The Kier molecular flexibility index (Phi) is 8.45. The molecule has 14 rings (SSSR count). The van der Waals surface area contributed by atoms with Gasteiger partial charge in [0.2, 0.25) is 0 Å². The van der Waals surface area contributed by atoms with Crippen LogP contribution in [0.3, 0.4) is 0 Å². The van der Waals surface area contributed by atoms with Crippen molar-refractivity contribution >= 4 is 87.0 Å². The minimum absolute atomic E-state index is 0.548. The third-order valence-corrected chi connectivity index (χ3v) is 13.2. The molecule has 7 heteroatoms. The molecule has 7 nitrogen and oxygen atoms in total. The molecule has 0 fully saturated rings. The van der Waals surface area contributed by atoms with Gasteiger partial charge in [-0.05, 0) is 147 Å². The summed E-state index contributed by atoms with van der Waals surface area (Å²) in [5, 5.41) is 10.8. The van der Waals surface area contributed by atoms with Crippen LogP contribution in [0.4, 0.5) is 0 Å². The summed E-state index contributed by atoms with van der Waals surface area (Å²) >= 11 is 0. The van der Waals surface area contributed by atoms with Gasteiger partial charge in [0.05, 0.1) is 33.1 Å². The monoisotopic (exact) mass is 865 g/mol. The van der Waals surface area contributed by atoms with Gasteiger partial charge in [-0.15, -0.1) is 0 Å². The average molecular weight is 866 g/mol. The van der Waals surface area contributed by atoms with Gasteiger partial charge in [0, 0.05) is 61.4 Å². The molecule has 0 bridgehead atoms. The standard InChI is InChI=1S/C61H35N7/c1-5-15-47-36(11-1)34-55-49(17-9-25-62-55)57(47)44-31-45(58-48-16-6-2-12-37(48)35-56-50(58)18-10-26-63-56)33-46(32-44)61-67-59(40-21-23-53-42(29-40)27-38-13-3-7-19-51(38)64-53)66-60(68-61)41-22-24-54-43(30-41)28-39-14-4-8-20-52(39)65-54/h1-35H. The first-order chi connectivity index (χ1) is 33.6. The maximum atomic E-state index is 5.41. The van der Waals surface area contributed by atoms with Gasteiger partial charge in [0.15, 0.2) is 17.5 Å². The van der Waals surface area contributed by atoms with E-state index in [2.05, 4.69) is 152 Å². The minimum atomic E-state index is 0.548. The van der Waals surface area contributed by atoms with E-state index in [9.17, 15) is 0 Å². The molecule has 0 spiro atoms. The summed E-state index contributed by atoms with van der Waals surface area (Å²) in [6.07, 6.45) is 3.73. The number of nitrogens with zero attached hydrogens (tertiary/aromatic N) is 7. The van der Waals surface area contributed by atoms with Crippen molar-refractivity contribution in [2.75, 3.05) is 0 Å². The fourth-order valence-electron chi connectivity index (χ4n) is 10.0. The highest BCUT2D eigenvalue weighted by atomic mass is 15.0. The summed E-state index contributed by atoms with van der Waals surface area (Å²) in [6, 6.07) is 70.0. The van der Waals surface area contributed by atoms with Crippen LogP contribution < -0.4 is 0 Å². The number of fused-ring (bicyclic) bond motifs is 8. The number of hydrogen-bond acceptors (Lipinski definition) is 7. The first-order valence-corrected chi connectivity index (χ1v) is 22.7. The second-order valence-electron chi connectivity index (χ2n) is 17.4. The van der Waals surface area contributed by atoms with Gasteiger partial charge in [0.1, 0.15) is 0 Å². The zero-order valence-corrected chi connectivity index (χ0v) is 36.3. The van der Waals surface area contributed by atoms with Crippen LogP contribution in [-0.2, 0) is 0 Å². The third kappa shape index (κ3) is 6.32. The summed E-state index contributed by atoms with van der Waals surface area (Å²) < 4.78 is 0. The Morgan fingerprint density at radius 3 is 1.12 bits per heavy atom. The highest BCUT2D eigenvalue weighted by Crippen LogP contribution is 2.43. The molecule has 68 heavy (non-hydrogen) atoms. The van der Waals surface area contributed by atoms with E-state index in [4.69, 9.17) is 34.9 Å². The van der Waals surface area contributed by atoms with Crippen molar-refractivity contribution in [3.63, 3.8) is 0 Å². The van der Waals surface area contributed by atoms with Gasteiger partial charge < -0.3 is 0 Å². The van der Waals surface area contributed by atoms with Crippen LogP contribution >= 0.6 is 0 Å². The molecule has 0 unspecified atom stereocenters. The van der Waals surface area contributed by atoms with Gasteiger partial charge in [0.25, 0.3) is 0 Å². The molecule has 0 aliphatic rings. The van der Waals surface area contributed by atoms with Crippen molar-refractivity contribution in [1.29, 1.82) is 0 Å². The number of pyridine rings is 4. The first kappa shape index (κ1) is 38.0. The van der Waals surface area contributed by atoms with E-state index in [-0.39, 0.29) is 0 Å². The Morgan fingerprint density at radius 1 is 0.221 bits per heavy atom. The SMILES string of the molecule is c1ccc2nc3ccc(-c4nc(-c5cc(-c6c7ccccc7cc7ncccc67)cc(-c6c7ccccc7cc7ncccc67)c5)nc(-c5ccc6nc7ccccc7cc6c5)n4)cc3cc2c1. The predicted octanol–water partition coefficient (Wildman–Crippen LogP) is 15.0. The van der Waals surface area contributed by atoms with E-state index < -0.39 is 0 Å². The van der Waals surface area contributed by atoms with Gasteiger partial charge in [-0.1, -0.05) is 97.1 Å². The Morgan fingerprint density at radius 2 is 0.618 bits per heavy atom. The molecule has 0 aliphatic heterocycles. The van der Waals surface area contributed by atoms with E-state index in [1.54, 1.807) is 0 Å². The van der Waals surface area contributed by atoms with Gasteiger partial charge in [-0.3, -0.25) is 9.97 Å². The van der Waals surface area contributed by atoms with Gasteiger partial charge in [-0.25, -0.2) is 24.9 Å². The molecule has 0 aliphatic carbocycles. The van der Waals surface area contributed by atoms with Crippen molar-refractivity contribution in [1.82, 2.24) is 34.9 Å². The van der Waals surface area contributed by atoms with Crippen LogP contribution in [0, 0.1) is 0 Å². The largest absolute Gasteiger partial charge is 0.256 e. The quantitative estimate of drug-likeness (QED) is 0.159. The van der Waals surface area contributed by atoms with Crippen LogP contribution in [-0.4, -0.2) is 34.9 Å². The summed E-state index contributed by atoms with van der Waals surface area (Å²) in [6.45, 7) is 0. The molecule has 0 saturated heterocycles. The van der Waals surface area contributed by atoms with E-state index in [0.717, 1.165) is 126 Å². The fourth-order valence-corrected chi connectivity index (χ4v) is 10.0. The Labute approximate surface area is 389 Å². The highest BCUT2D eigenvalue weighted by Gasteiger charge is 2.20. The van der Waals surface area contributed by atoms with Crippen LogP contribution in [0.15, 0.2) is 213 Å². The number of aromatic nitrogens is 7. The summed E-state index contributed by atoms with van der Waals surface area (Å²) in [5.74, 6) is 1.67. The number of hydrogen-bond donors (Lipinski definition) is 0. The summed E-state index contributed by atoms with van der Waals surface area (Å²) in [5.41, 5.74) is 12.4. The molecule has 314 valence electrons. The second kappa shape index (κ2) is 15.1. The summed E-state index contributed by atoms with van der Waals surface area (Å²) in [7, 11) is 0. The maximum absolute atomic E-state index is 5.41. The van der Waals surface area contributed by atoms with Crippen LogP contribution in [0.2, 0.25) is 0 Å². The van der Waals surface area contributed by atoms with Crippen molar-refractivity contribution in [3.05, 3.63) is 213 Å². The molecule has 5 heterocycles. The molecule has 0 radical (unpaired) electrons. The number of benzene rings is 9. The zero-order valence-electron chi connectivity index (χ0n) is 36.3. The number of rotatable bonds is 5. The van der Waals surface area contributed by atoms with E-state index >= 15 is 0 Å². The molecule has 0 atom stereocenters. The number of para-hydroxylation sites is 2. The molecule has 0 saturated carbocycles. The maximum Gasteiger partial charge on any atom is 0.164 e. The van der Waals surface area contributed by atoms with E-state index in [1.807, 2.05) is 60.9 Å². The van der Waals surface area contributed by atoms with Crippen LogP contribution in [0.5, 0.6) is 0 Å². The first-order valence-electron chi connectivity index (χ1n) is 22.7. The van der Waals surface area contributed by atoms with Crippen molar-refractivity contribution < 1.29 is 0 Å². The van der Waals surface area contributed by atoms with Crippen molar-refractivity contribution in [2.24, 2.45) is 0 Å². The molecular weight excluding hydrogens is 831 g/mol. The fraction of sp³-hybridized carbons (Fsp3) is 0. The molecule has 9 aromatic carbocycles.